The maximum atomic E-state index is 9.75. The van der Waals surface area contributed by atoms with Crippen LogP contribution in [-0.2, 0) is 0 Å². The third-order valence-corrected chi connectivity index (χ3v) is 2.17. The normalized spacial score (nSPS) is 14.1. The quantitative estimate of drug-likeness (QED) is 0.340. The molecule has 1 fully saturated rings. The Morgan fingerprint density at radius 3 is 1.04 bits per heavy atom. The second-order valence-electron chi connectivity index (χ2n) is 4.31. The molecule has 1 aromatic rings. The molecule has 0 unspecified atom stereocenters. The molecule has 0 N–H and O–H groups in total. The summed E-state index contributed by atoms with van der Waals surface area (Å²) in [5, 5.41) is 0.837. The van der Waals surface area contributed by atoms with Gasteiger partial charge in [-0.2, -0.15) is 0 Å². The highest BCUT2D eigenvalue weighted by Crippen LogP contribution is 2.40. The standard InChI is InChI=1S/C9H9Cl.3BF4/c10-9-5-3-8(4-6-9)7-1-2-7;3*2-1(3,4)5/h3-7H,1-2H2;;;/q;3*-1. The van der Waals surface area contributed by atoms with Crippen LogP contribution in [0.15, 0.2) is 24.3 Å². The Hall–Kier alpha value is -1.14. The molecule has 0 heterocycles. The Bertz CT molecular complexity index is 418. The molecular weight excluding hydrogens is 404 g/mol. The van der Waals surface area contributed by atoms with Gasteiger partial charge in [0.2, 0.25) is 0 Å². The number of benzene rings is 1. The molecule has 1 aromatic carbocycles. The van der Waals surface area contributed by atoms with Gasteiger partial charge in [-0.05, 0) is 36.5 Å². The van der Waals surface area contributed by atoms with E-state index in [9.17, 15) is 51.8 Å². The number of rotatable bonds is 1. The van der Waals surface area contributed by atoms with Gasteiger partial charge in [0.05, 0.1) is 0 Å². The van der Waals surface area contributed by atoms with Gasteiger partial charge in [0.15, 0.2) is 0 Å². The van der Waals surface area contributed by atoms with Crippen molar-refractivity contribution in [3.63, 3.8) is 0 Å². The topological polar surface area (TPSA) is 0 Å². The predicted molar refractivity (Wildman–Crippen MR) is 74.0 cm³/mol. The largest absolute Gasteiger partial charge is 0.673 e. The molecule has 0 spiro atoms. The maximum absolute atomic E-state index is 9.75. The summed E-state index contributed by atoms with van der Waals surface area (Å²) in [4.78, 5) is 0. The predicted octanol–water partition coefficient (Wildman–Crippen LogP) is 7.12. The van der Waals surface area contributed by atoms with E-state index in [2.05, 4.69) is 12.1 Å². The van der Waals surface area contributed by atoms with Crippen molar-refractivity contribution in [2.24, 2.45) is 0 Å². The minimum Gasteiger partial charge on any atom is -0.418 e. The zero-order valence-corrected chi connectivity index (χ0v) is 12.7. The summed E-state index contributed by atoms with van der Waals surface area (Å²) < 4.78 is 117. The second-order valence-corrected chi connectivity index (χ2v) is 4.75. The highest BCUT2D eigenvalue weighted by atomic mass is 35.5. The van der Waals surface area contributed by atoms with E-state index in [1.807, 2.05) is 12.1 Å². The summed E-state index contributed by atoms with van der Waals surface area (Å²) >= 11 is 5.74. The van der Waals surface area contributed by atoms with Crippen LogP contribution in [0.4, 0.5) is 51.8 Å². The summed E-state index contributed by atoms with van der Waals surface area (Å²) in [5.74, 6) is 0.845. The minimum atomic E-state index is -6.00. The van der Waals surface area contributed by atoms with Crippen molar-refractivity contribution < 1.29 is 51.8 Å². The van der Waals surface area contributed by atoms with Crippen LogP contribution in [0, 0.1) is 0 Å². The first-order valence-electron chi connectivity index (χ1n) is 6.23. The van der Waals surface area contributed by atoms with Crippen LogP contribution in [0.25, 0.3) is 0 Å². The first-order valence-corrected chi connectivity index (χ1v) is 6.61. The molecule has 16 heteroatoms. The van der Waals surface area contributed by atoms with Gasteiger partial charge in [-0.15, -0.1) is 0 Å². The van der Waals surface area contributed by atoms with Crippen LogP contribution >= 0.6 is 11.6 Å². The van der Waals surface area contributed by atoms with Gasteiger partial charge < -0.3 is 51.8 Å². The lowest BCUT2D eigenvalue weighted by atomic mass is 10.1. The summed E-state index contributed by atoms with van der Waals surface area (Å²) in [6.07, 6.45) is 2.73. The van der Waals surface area contributed by atoms with Crippen LogP contribution in [0.3, 0.4) is 0 Å². The van der Waals surface area contributed by atoms with Crippen molar-refractivity contribution >= 4 is 33.4 Å². The van der Waals surface area contributed by atoms with E-state index >= 15 is 0 Å². The van der Waals surface area contributed by atoms with Crippen LogP contribution < -0.4 is 0 Å². The van der Waals surface area contributed by atoms with E-state index in [0.717, 1.165) is 10.9 Å². The molecule has 1 saturated carbocycles. The first kappa shape index (κ1) is 26.1. The lowest BCUT2D eigenvalue weighted by Gasteiger charge is -1.95. The highest BCUT2D eigenvalue weighted by Gasteiger charge is 2.23. The monoisotopic (exact) mass is 413 g/mol. The van der Waals surface area contributed by atoms with Gasteiger partial charge >= 0.3 is 21.8 Å². The first-order chi connectivity index (χ1) is 10.9. The molecule has 1 aliphatic rings. The average molecular weight is 413 g/mol. The Morgan fingerprint density at radius 2 is 0.840 bits per heavy atom. The van der Waals surface area contributed by atoms with E-state index in [1.165, 1.54) is 18.4 Å². The molecule has 0 saturated heterocycles. The number of hydrogen-bond donors (Lipinski definition) is 0. The number of halogens is 13. The Kier molecular flexibility index (Phi) is 11.2. The molecule has 0 amide bonds. The Balaban J connectivity index is 0. The molecule has 0 nitrogen and oxygen atoms in total. The third kappa shape index (κ3) is 39.5. The lowest BCUT2D eigenvalue weighted by Crippen LogP contribution is -2.02. The molecular formula is C9H9B3ClF12-3. The molecule has 148 valence electrons. The molecule has 1 aliphatic carbocycles. The van der Waals surface area contributed by atoms with Gasteiger partial charge in [0.25, 0.3) is 0 Å². The molecule has 0 aromatic heterocycles. The highest BCUT2D eigenvalue weighted by molar-refractivity contribution is 6.50. The van der Waals surface area contributed by atoms with E-state index in [1.54, 1.807) is 0 Å². The SMILES string of the molecule is Clc1ccc(C2CC2)cc1.F[B-](F)(F)F.F[B-](F)(F)F.F[B-](F)(F)F. The van der Waals surface area contributed by atoms with Crippen LogP contribution in [0.1, 0.15) is 24.3 Å². The van der Waals surface area contributed by atoms with Crippen LogP contribution in [0.2, 0.25) is 5.02 Å². The lowest BCUT2D eigenvalue weighted by molar-refractivity contribution is 0.366. The van der Waals surface area contributed by atoms with E-state index in [-0.39, 0.29) is 0 Å². The van der Waals surface area contributed by atoms with Crippen molar-refractivity contribution in [3.8, 4) is 0 Å². The fraction of sp³-hybridized carbons (Fsp3) is 0.333. The average Bonchev–Trinajstić information content (AvgIpc) is 3.06. The van der Waals surface area contributed by atoms with Gasteiger partial charge in [-0.25, -0.2) is 0 Å². The molecule has 2 rings (SSSR count). The van der Waals surface area contributed by atoms with Crippen molar-refractivity contribution in [1.29, 1.82) is 0 Å². The fourth-order valence-electron chi connectivity index (χ4n) is 1.15. The van der Waals surface area contributed by atoms with Crippen molar-refractivity contribution in [2.45, 2.75) is 18.8 Å². The summed E-state index contributed by atoms with van der Waals surface area (Å²) in [6, 6.07) is 8.18. The second kappa shape index (κ2) is 10.8. The molecule has 0 bridgehead atoms. The van der Waals surface area contributed by atoms with Crippen molar-refractivity contribution in [1.82, 2.24) is 0 Å². The minimum absolute atomic E-state index is 0.837. The van der Waals surface area contributed by atoms with Crippen molar-refractivity contribution in [2.75, 3.05) is 0 Å². The van der Waals surface area contributed by atoms with Gasteiger partial charge in [0.1, 0.15) is 0 Å². The van der Waals surface area contributed by atoms with Gasteiger partial charge in [0, 0.05) is 5.02 Å². The zero-order valence-electron chi connectivity index (χ0n) is 11.9. The van der Waals surface area contributed by atoms with Crippen molar-refractivity contribution in [3.05, 3.63) is 34.9 Å². The Labute approximate surface area is 139 Å². The fourth-order valence-corrected chi connectivity index (χ4v) is 1.28. The maximum Gasteiger partial charge on any atom is 0.673 e. The van der Waals surface area contributed by atoms with E-state index in [0.29, 0.717) is 0 Å². The van der Waals surface area contributed by atoms with Crippen LogP contribution in [-0.4, -0.2) is 21.8 Å². The molecule has 0 atom stereocenters. The summed E-state index contributed by atoms with van der Waals surface area (Å²) in [5.41, 5.74) is 1.45. The smallest absolute Gasteiger partial charge is 0.418 e. The number of hydrogen-bond acceptors (Lipinski definition) is 0. The van der Waals surface area contributed by atoms with Gasteiger partial charge in [-0.1, -0.05) is 23.7 Å². The summed E-state index contributed by atoms with van der Waals surface area (Å²) in [7, 11) is -18.0. The molecule has 0 radical (unpaired) electrons. The van der Waals surface area contributed by atoms with Gasteiger partial charge in [-0.3, -0.25) is 0 Å². The zero-order chi connectivity index (χ0) is 20.5. The van der Waals surface area contributed by atoms with E-state index in [4.69, 9.17) is 11.6 Å². The Morgan fingerprint density at radius 1 is 0.600 bits per heavy atom. The van der Waals surface area contributed by atoms with Crippen LogP contribution in [0.5, 0.6) is 0 Å². The molecule has 0 aliphatic heterocycles. The molecule has 25 heavy (non-hydrogen) atoms. The summed E-state index contributed by atoms with van der Waals surface area (Å²) in [6.45, 7) is 0. The third-order valence-electron chi connectivity index (χ3n) is 1.92. The van der Waals surface area contributed by atoms with E-state index < -0.39 is 21.8 Å².